The predicted octanol–water partition coefficient (Wildman–Crippen LogP) is 7.16. The van der Waals surface area contributed by atoms with Crippen molar-refractivity contribution in [1.29, 1.82) is 0 Å². The van der Waals surface area contributed by atoms with Gasteiger partial charge in [-0.25, -0.2) is 0 Å². The van der Waals surface area contributed by atoms with Crippen molar-refractivity contribution in [2.45, 2.75) is 30.8 Å². The third kappa shape index (κ3) is 7.99. The van der Waals surface area contributed by atoms with E-state index in [1.165, 1.54) is 4.85 Å². The van der Waals surface area contributed by atoms with Crippen LogP contribution in [0.15, 0.2) is 163 Å². The van der Waals surface area contributed by atoms with Crippen molar-refractivity contribution >= 4 is 17.0 Å². The summed E-state index contributed by atoms with van der Waals surface area (Å²) in [5, 5.41) is 12.0. The van der Waals surface area contributed by atoms with Crippen LogP contribution in [0.4, 0.5) is 0 Å². The van der Waals surface area contributed by atoms with Gasteiger partial charge in [-0.1, -0.05) is 120 Å². The molecule has 1 aliphatic rings. The van der Waals surface area contributed by atoms with E-state index in [2.05, 4.69) is 52.0 Å². The van der Waals surface area contributed by atoms with Gasteiger partial charge in [0.1, 0.15) is 35.2 Å². The SMILES string of the molecule is COC1=CC(OC)=C(COC(=O)C(Cc2ccc(OCOn3nnc4ccccc43)cc2)NC(c2ccccc2)(c2ccccc2)c2ccccc2)CC1. The Labute approximate surface area is 314 Å². The molecule has 1 N–H and O–H groups in total. The predicted molar refractivity (Wildman–Crippen MR) is 205 cm³/mol. The molecule has 274 valence electrons. The van der Waals surface area contributed by atoms with Crippen LogP contribution in [0.5, 0.6) is 5.75 Å². The highest BCUT2D eigenvalue weighted by Gasteiger charge is 2.40. The molecule has 6 aromatic rings. The van der Waals surface area contributed by atoms with Gasteiger partial charge in [-0.15, -0.1) is 5.10 Å². The maximum Gasteiger partial charge on any atom is 0.323 e. The summed E-state index contributed by atoms with van der Waals surface area (Å²) in [7, 11) is 3.26. The molecule has 0 saturated heterocycles. The monoisotopic (exact) mass is 722 g/mol. The maximum atomic E-state index is 14.4. The second-order valence-electron chi connectivity index (χ2n) is 12.8. The van der Waals surface area contributed by atoms with Crippen LogP contribution in [0.1, 0.15) is 35.1 Å². The Bertz CT molecular complexity index is 2110. The fourth-order valence-corrected chi connectivity index (χ4v) is 6.80. The van der Waals surface area contributed by atoms with Crippen LogP contribution in [-0.4, -0.2) is 54.8 Å². The molecular formula is C44H42N4O6. The molecule has 1 aromatic heterocycles. The summed E-state index contributed by atoms with van der Waals surface area (Å²) in [6.07, 6.45) is 3.55. The quantitative estimate of drug-likeness (QED) is 0.0633. The van der Waals surface area contributed by atoms with Gasteiger partial charge in [0.15, 0.2) is 0 Å². The summed E-state index contributed by atoms with van der Waals surface area (Å²) in [6, 6.07) is 45.0. The van der Waals surface area contributed by atoms with Crippen molar-refractivity contribution in [3.63, 3.8) is 0 Å². The van der Waals surface area contributed by atoms with Crippen LogP contribution in [0.2, 0.25) is 0 Å². The Morgan fingerprint density at radius 3 is 1.98 bits per heavy atom. The van der Waals surface area contributed by atoms with Gasteiger partial charge < -0.3 is 23.8 Å². The van der Waals surface area contributed by atoms with Crippen LogP contribution in [0.3, 0.4) is 0 Å². The van der Waals surface area contributed by atoms with Gasteiger partial charge in [0.25, 0.3) is 6.79 Å². The minimum atomic E-state index is -0.905. The zero-order valence-electron chi connectivity index (χ0n) is 30.3. The fraction of sp³-hybridized carbons (Fsp3) is 0.205. The van der Waals surface area contributed by atoms with Crippen LogP contribution in [-0.2, 0) is 31.0 Å². The number of methoxy groups -OCH3 is 2. The number of carbonyl (C=O) groups excluding carboxylic acids is 1. The van der Waals surface area contributed by atoms with E-state index in [9.17, 15) is 4.79 Å². The highest BCUT2D eigenvalue weighted by molar-refractivity contribution is 5.77. The van der Waals surface area contributed by atoms with E-state index in [1.54, 1.807) is 14.2 Å². The highest BCUT2D eigenvalue weighted by Crippen LogP contribution is 2.38. The lowest BCUT2D eigenvalue weighted by Gasteiger charge is -2.39. The van der Waals surface area contributed by atoms with Crippen molar-refractivity contribution in [2.24, 2.45) is 0 Å². The Kier molecular flexibility index (Phi) is 11.3. The molecule has 10 heteroatoms. The zero-order chi connectivity index (χ0) is 37.2. The first-order chi connectivity index (χ1) is 26.6. The molecular weight excluding hydrogens is 681 g/mol. The molecule has 1 aliphatic carbocycles. The van der Waals surface area contributed by atoms with E-state index >= 15 is 0 Å². The topological polar surface area (TPSA) is 106 Å². The van der Waals surface area contributed by atoms with E-state index in [-0.39, 0.29) is 19.4 Å². The molecule has 0 amide bonds. The number of ether oxygens (including phenoxy) is 4. The summed E-state index contributed by atoms with van der Waals surface area (Å²) < 4.78 is 23.1. The highest BCUT2D eigenvalue weighted by atomic mass is 16.8. The number of nitrogens with zero attached hydrogens (tertiary/aromatic N) is 3. The van der Waals surface area contributed by atoms with Gasteiger partial charge >= 0.3 is 5.97 Å². The number of nitrogens with one attached hydrogen (secondary N) is 1. The van der Waals surface area contributed by atoms with Gasteiger partial charge in [0.05, 0.1) is 25.5 Å². The molecule has 0 radical (unpaired) electrons. The zero-order valence-corrected chi connectivity index (χ0v) is 30.3. The maximum absolute atomic E-state index is 14.4. The van der Waals surface area contributed by atoms with Crippen molar-refractivity contribution in [3.05, 3.63) is 185 Å². The third-order valence-corrected chi connectivity index (χ3v) is 9.57. The van der Waals surface area contributed by atoms with Crippen LogP contribution in [0.25, 0.3) is 11.0 Å². The molecule has 10 nitrogen and oxygen atoms in total. The number of rotatable bonds is 16. The molecule has 1 unspecified atom stereocenters. The van der Waals surface area contributed by atoms with Crippen molar-refractivity contribution in [2.75, 3.05) is 27.6 Å². The van der Waals surface area contributed by atoms with Gasteiger partial charge in [0, 0.05) is 18.1 Å². The second kappa shape index (κ2) is 17.0. The van der Waals surface area contributed by atoms with Gasteiger partial charge in [0.2, 0.25) is 0 Å². The number of carbonyl (C=O) groups is 1. The molecule has 7 rings (SSSR count). The van der Waals surface area contributed by atoms with E-state index in [1.807, 2.05) is 109 Å². The average molecular weight is 723 g/mol. The van der Waals surface area contributed by atoms with Crippen molar-refractivity contribution in [1.82, 2.24) is 20.5 Å². The summed E-state index contributed by atoms with van der Waals surface area (Å²) in [5.74, 6) is 1.69. The minimum Gasteiger partial charge on any atom is -0.501 e. The summed E-state index contributed by atoms with van der Waals surface area (Å²) in [6.45, 7) is 0.0217. The number of benzene rings is 5. The Balaban J connectivity index is 1.18. The van der Waals surface area contributed by atoms with Gasteiger partial charge in [-0.2, -0.15) is 0 Å². The Morgan fingerprint density at radius 2 is 1.37 bits per heavy atom. The molecule has 5 aromatic carbocycles. The second-order valence-corrected chi connectivity index (χ2v) is 12.8. The molecule has 1 atom stereocenters. The van der Waals surface area contributed by atoms with Crippen LogP contribution in [0, 0.1) is 0 Å². The van der Waals surface area contributed by atoms with E-state index < -0.39 is 11.6 Å². The number of para-hydroxylation sites is 1. The average Bonchev–Trinajstić information content (AvgIpc) is 3.65. The largest absolute Gasteiger partial charge is 0.501 e. The lowest BCUT2D eigenvalue weighted by molar-refractivity contribution is -0.145. The molecule has 0 aliphatic heterocycles. The number of hydrogen-bond donors (Lipinski definition) is 1. The lowest BCUT2D eigenvalue weighted by Crippen LogP contribution is -2.54. The molecule has 0 saturated carbocycles. The van der Waals surface area contributed by atoms with E-state index in [0.29, 0.717) is 30.8 Å². The van der Waals surface area contributed by atoms with Gasteiger partial charge in [-0.05, 0) is 64.6 Å². The summed E-state index contributed by atoms with van der Waals surface area (Å²) in [4.78, 5) is 21.5. The first-order valence-corrected chi connectivity index (χ1v) is 17.8. The number of fused-ring (bicyclic) bond motifs is 1. The first kappa shape index (κ1) is 36.0. The number of aromatic nitrogens is 3. The molecule has 1 heterocycles. The number of hydrogen-bond acceptors (Lipinski definition) is 9. The minimum absolute atomic E-state index is 0.0721. The van der Waals surface area contributed by atoms with E-state index in [4.69, 9.17) is 23.8 Å². The standard InChI is InChI=1S/C44H42N4O6/c1-50-38-27-24-33(42(29-38)51-2)30-52-43(49)40(28-32-22-25-37(26-23-32)53-31-54-48-41-21-13-12-20-39(41)46-47-48)45-44(34-14-6-3-7-15-34,35-16-8-4-9-17-35)36-18-10-5-11-19-36/h3-23,25-26,29,40,45H,24,27-28,30-31H2,1-2H3. The van der Waals surface area contributed by atoms with Crippen molar-refractivity contribution in [3.8, 4) is 5.75 Å². The Hall–Kier alpha value is -6.39. The van der Waals surface area contributed by atoms with Crippen molar-refractivity contribution < 1.29 is 28.6 Å². The van der Waals surface area contributed by atoms with Crippen LogP contribution >= 0.6 is 0 Å². The number of allylic oxidation sites excluding steroid dienone is 2. The summed E-state index contributed by atoms with van der Waals surface area (Å²) in [5.41, 5.74) is 5.32. The molecule has 0 spiro atoms. The third-order valence-electron chi connectivity index (χ3n) is 9.57. The fourth-order valence-electron chi connectivity index (χ4n) is 6.80. The normalized spacial score (nSPS) is 13.6. The molecule has 54 heavy (non-hydrogen) atoms. The number of esters is 1. The van der Waals surface area contributed by atoms with Gasteiger partial charge in [-0.3, -0.25) is 10.1 Å². The first-order valence-electron chi connectivity index (χ1n) is 17.8. The molecule has 0 bridgehead atoms. The smallest absolute Gasteiger partial charge is 0.323 e. The van der Waals surface area contributed by atoms with E-state index in [0.717, 1.165) is 44.6 Å². The Morgan fingerprint density at radius 1 is 0.759 bits per heavy atom. The summed E-state index contributed by atoms with van der Waals surface area (Å²) >= 11 is 0. The van der Waals surface area contributed by atoms with Crippen LogP contribution < -0.4 is 14.9 Å². The molecule has 0 fully saturated rings. The lowest BCUT2D eigenvalue weighted by atomic mass is 9.76.